The summed E-state index contributed by atoms with van der Waals surface area (Å²) < 4.78 is 16.5. The molecular weight excluding hydrogens is 252 g/mol. The second-order valence-corrected chi connectivity index (χ2v) is 4.32. The van der Waals surface area contributed by atoms with Gasteiger partial charge in [-0.2, -0.15) is 0 Å². The summed E-state index contributed by atoms with van der Waals surface area (Å²) in [6.07, 6.45) is 0.481. The van der Waals surface area contributed by atoms with Gasteiger partial charge in [-0.25, -0.2) is 0 Å². The molecule has 1 aromatic carbocycles. The van der Waals surface area contributed by atoms with Crippen LogP contribution in [-0.2, 0) is 9.47 Å². The zero-order chi connectivity index (χ0) is 13.4. The summed E-state index contributed by atoms with van der Waals surface area (Å²) in [7, 11) is 0. The molecule has 0 aromatic heterocycles. The van der Waals surface area contributed by atoms with E-state index in [4.69, 9.17) is 25.8 Å². The molecule has 0 heterocycles. The molecule has 0 fully saturated rings. The Labute approximate surface area is 114 Å². The minimum Gasteiger partial charge on any atom is -0.492 e. The first kappa shape index (κ1) is 15.3. The highest BCUT2D eigenvalue weighted by Crippen LogP contribution is 2.25. The van der Waals surface area contributed by atoms with Crippen LogP contribution in [0.2, 0.25) is 5.02 Å². The maximum atomic E-state index is 6.05. The minimum absolute atomic E-state index is 0.205. The van der Waals surface area contributed by atoms with E-state index >= 15 is 0 Å². The Kier molecular flexibility index (Phi) is 7.09. The van der Waals surface area contributed by atoms with Crippen molar-refractivity contribution in [1.29, 1.82) is 0 Å². The van der Waals surface area contributed by atoms with Gasteiger partial charge in [-0.05, 0) is 38.5 Å². The van der Waals surface area contributed by atoms with Crippen LogP contribution in [0, 0.1) is 6.92 Å². The van der Waals surface area contributed by atoms with Gasteiger partial charge < -0.3 is 14.2 Å². The third-order valence-electron chi connectivity index (χ3n) is 2.40. The lowest BCUT2D eigenvalue weighted by molar-refractivity contribution is -0.142. The lowest BCUT2D eigenvalue weighted by atomic mass is 10.2. The van der Waals surface area contributed by atoms with Gasteiger partial charge >= 0.3 is 0 Å². The molecule has 0 radical (unpaired) electrons. The van der Waals surface area contributed by atoms with Crippen LogP contribution < -0.4 is 4.74 Å². The Bertz CT molecular complexity index is 349. The molecule has 4 heteroatoms. The van der Waals surface area contributed by atoms with E-state index in [0.29, 0.717) is 37.0 Å². The van der Waals surface area contributed by atoms with E-state index in [0.717, 1.165) is 5.56 Å². The fourth-order valence-electron chi connectivity index (χ4n) is 1.57. The topological polar surface area (TPSA) is 27.7 Å². The van der Waals surface area contributed by atoms with Crippen molar-refractivity contribution >= 4 is 11.6 Å². The summed E-state index contributed by atoms with van der Waals surface area (Å²) in [5, 5.41) is 0.630. The molecule has 0 bridgehead atoms. The van der Waals surface area contributed by atoms with Crippen molar-refractivity contribution in [2.24, 2.45) is 0 Å². The Morgan fingerprint density at radius 1 is 1.17 bits per heavy atom. The van der Waals surface area contributed by atoms with Gasteiger partial charge in [0.2, 0.25) is 0 Å². The number of rotatable bonds is 8. The van der Waals surface area contributed by atoms with Gasteiger partial charge in [0.15, 0.2) is 6.29 Å². The van der Waals surface area contributed by atoms with Crippen LogP contribution in [0.4, 0.5) is 0 Å². The minimum atomic E-state index is -0.205. The molecule has 1 rings (SSSR count). The Morgan fingerprint density at radius 3 is 2.44 bits per heavy atom. The van der Waals surface area contributed by atoms with Crippen LogP contribution in [0.5, 0.6) is 5.75 Å². The van der Waals surface area contributed by atoms with E-state index in [-0.39, 0.29) is 6.29 Å². The van der Waals surface area contributed by atoms with Crippen molar-refractivity contribution in [1.82, 2.24) is 0 Å². The second-order valence-electron chi connectivity index (χ2n) is 3.91. The molecule has 0 aliphatic heterocycles. The van der Waals surface area contributed by atoms with Crippen LogP contribution in [0.25, 0.3) is 0 Å². The van der Waals surface area contributed by atoms with Crippen LogP contribution in [0.1, 0.15) is 25.8 Å². The van der Waals surface area contributed by atoms with E-state index in [2.05, 4.69) is 0 Å². The van der Waals surface area contributed by atoms with E-state index in [9.17, 15) is 0 Å². The molecule has 0 aliphatic carbocycles. The highest BCUT2D eigenvalue weighted by Gasteiger charge is 2.09. The lowest BCUT2D eigenvalue weighted by Crippen LogP contribution is -2.20. The van der Waals surface area contributed by atoms with Crippen LogP contribution in [-0.4, -0.2) is 26.1 Å². The number of aryl methyl sites for hydroxylation is 1. The number of hydrogen-bond donors (Lipinski definition) is 0. The molecule has 18 heavy (non-hydrogen) atoms. The monoisotopic (exact) mass is 272 g/mol. The van der Waals surface area contributed by atoms with Gasteiger partial charge in [-0.15, -0.1) is 0 Å². The molecule has 0 spiro atoms. The van der Waals surface area contributed by atoms with Crippen molar-refractivity contribution in [2.45, 2.75) is 33.5 Å². The van der Waals surface area contributed by atoms with Crippen molar-refractivity contribution in [3.8, 4) is 5.75 Å². The third-order valence-corrected chi connectivity index (χ3v) is 2.72. The Hall–Kier alpha value is -0.770. The van der Waals surface area contributed by atoms with E-state index < -0.39 is 0 Å². The van der Waals surface area contributed by atoms with Crippen molar-refractivity contribution in [3.05, 3.63) is 28.8 Å². The predicted octanol–water partition coefficient (Wildman–Crippen LogP) is 3.82. The Morgan fingerprint density at radius 2 is 1.83 bits per heavy atom. The smallest absolute Gasteiger partial charge is 0.160 e. The highest BCUT2D eigenvalue weighted by atomic mass is 35.5. The zero-order valence-electron chi connectivity index (χ0n) is 11.2. The van der Waals surface area contributed by atoms with Gasteiger partial charge in [0.05, 0.1) is 11.6 Å². The summed E-state index contributed by atoms with van der Waals surface area (Å²) in [5.41, 5.74) is 1.13. The molecule has 0 aliphatic rings. The highest BCUT2D eigenvalue weighted by molar-refractivity contribution is 6.32. The summed E-state index contributed by atoms with van der Waals surface area (Å²) in [6.45, 7) is 7.69. The molecule has 0 atom stereocenters. The fourth-order valence-corrected chi connectivity index (χ4v) is 1.74. The van der Waals surface area contributed by atoms with Gasteiger partial charge in [0.1, 0.15) is 5.75 Å². The van der Waals surface area contributed by atoms with Gasteiger partial charge in [-0.1, -0.05) is 17.7 Å². The molecule has 102 valence electrons. The number of hydrogen-bond acceptors (Lipinski definition) is 3. The second kappa shape index (κ2) is 8.35. The largest absolute Gasteiger partial charge is 0.492 e. The zero-order valence-corrected chi connectivity index (χ0v) is 12.0. The molecule has 3 nitrogen and oxygen atoms in total. The lowest BCUT2D eigenvalue weighted by Gasteiger charge is -2.17. The van der Waals surface area contributed by atoms with Gasteiger partial charge in [0, 0.05) is 19.6 Å². The van der Waals surface area contributed by atoms with Crippen LogP contribution >= 0.6 is 11.6 Å². The number of ether oxygens (including phenoxy) is 3. The normalized spacial score (nSPS) is 10.9. The van der Waals surface area contributed by atoms with E-state index in [1.165, 1.54) is 0 Å². The standard InChI is InChI=1S/C14H21ClO3/c1-4-16-14(17-5-2)8-9-18-13-10-11(3)6-7-12(13)15/h6-7,10,14H,4-5,8-9H2,1-3H3. The third kappa shape index (κ3) is 5.25. The quantitative estimate of drug-likeness (QED) is 0.674. The van der Waals surface area contributed by atoms with E-state index in [1.807, 2.05) is 39.0 Å². The first-order valence-corrected chi connectivity index (χ1v) is 6.67. The SMILES string of the molecule is CCOC(CCOc1cc(C)ccc1Cl)OCC. The molecule has 0 saturated carbocycles. The number of benzene rings is 1. The fraction of sp³-hybridized carbons (Fsp3) is 0.571. The first-order valence-electron chi connectivity index (χ1n) is 6.29. The molecular formula is C14H21ClO3. The summed E-state index contributed by atoms with van der Waals surface area (Å²) in [6, 6.07) is 5.73. The molecule has 0 saturated heterocycles. The summed E-state index contributed by atoms with van der Waals surface area (Å²) in [5.74, 6) is 0.711. The van der Waals surface area contributed by atoms with Gasteiger partial charge in [-0.3, -0.25) is 0 Å². The summed E-state index contributed by atoms with van der Waals surface area (Å²) >= 11 is 6.05. The molecule has 0 N–H and O–H groups in total. The maximum Gasteiger partial charge on any atom is 0.160 e. The van der Waals surface area contributed by atoms with Crippen LogP contribution in [0.3, 0.4) is 0 Å². The predicted molar refractivity (Wildman–Crippen MR) is 73.3 cm³/mol. The van der Waals surface area contributed by atoms with Crippen molar-refractivity contribution < 1.29 is 14.2 Å². The van der Waals surface area contributed by atoms with Crippen LogP contribution in [0.15, 0.2) is 18.2 Å². The molecule has 0 amide bonds. The average molecular weight is 273 g/mol. The van der Waals surface area contributed by atoms with Crippen molar-refractivity contribution in [3.63, 3.8) is 0 Å². The first-order chi connectivity index (χ1) is 8.67. The number of halogens is 1. The summed E-state index contributed by atoms with van der Waals surface area (Å²) in [4.78, 5) is 0. The van der Waals surface area contributed by atoms with E-state index in [1.54, 1.807) is 0 Å². The molecule has 1 aromatic rings. The van der Waals surface area contributed by atoms with Gasteiger partial charge in [0.25, 0.3) is 0 Å². The van der Waals surface area contributed by atoms with Crippen molar-refractivity contribution in [2.75, 3.05) is 19.8 Å². The average Bonchev–Trinajstić information content (AvgIpc) is 2.34. The Balaban J connectivity index is 2.41. The molecule has 0 unspecified atom stereocenters. The maximum absolute atomic E-state index is 6.05.